The highest BCUT2D eigenvalue weighted by Crippen LogP contribution is 2.47. The summed E-state index contributed by atoms with van der Waals surface area (Å²) in [5.41, 5.74) is 3.88. The van der Waals surface area contributed by atoms with Crippen LogP contribution in [-0.4, -0.2) is 45.5 Å². The van der Waals surface area contributed by atoms with Crippen LogP contribution in [0.4, 0.5) is 17.1 Å². The van der Waals surface area contributed by atoms with Crippen LogP contribution in [0.15, 0.2) is 132 Å². The van der Waals surface area contributed by atoms with Crippen molar-refractivity contribution in [1.29, 1.82) is 0 Å². The van der Waals surface area contributed by atoms with Gasteiger partial charge in [0.15, 0.2) is 11.4 Å². The predicted octanol–water partition coefficient (Wildman–Crippen LogP) is 7.80. The van der Waals surface area contributed by atoms with Gasteiger partial charge in [0.25, 0.3) is 11.8 Å². The lowest BCUT2D eigenvalue weighted by molar-refractivity contribution is -0.139. The number of halogens is 1. The van der Waals surface area contributed by atoms with Crippen LogP contribution < -0.4 is 14.5 Å². The summed E-state index contributed by atoms with van der Waals surface area (Å²) in [5.74, 6) is -0.454. The summed E-state index contributed by atoms with van der Waals surface area (Å²) in [4.78, 5) is 46.5. The Labute approximate surface area is 321 Å². The minimum Gasteiger partial charge on any atom is -0.454 e. The summed E-state index contributed by atoms with van der Waals surface area (Å²) in [7, 11) is 0. The molecule has 0 aromatic heterocycles. The molecule has 3 heterocycles. The van der Waals surface area contributed by atoms with Crippen molar-refractivity contribution in [3.63, 3.8) is 0 Å². The van der Waals surface area contributed by atoms with E-state index in [0.29, 0.717) is 52.7 Å². The van der Waals surface area contributed by atoms with E-state index in [1.54, 1.807) is 58.0 Å². The Morgan fingerprint density at radius 2 is 1.61 bits per heavy atom. The fourth-order valence-electron chi connectivity index (χ4n) is 7.75. The lowest BCUT2D eigenvalue weighted by atomic mass is 9.83. The highest BCUT2D eigenvalue weighted by atomic mass is 79.9. The maximum absolute atomic E-state index is 14.3. The molecule has 272 valence electrons. The molecule has 8 rings (SSSR count). The normalized spacial score (nSPS) is 19.5. The number of amides is 3. The van der Waals surface area contributed by atoms with Crippen LogP contribution in [0.3, 0.4) is 0 Å². The summed E-state index contributed by atoms with van der Waals surface area (Å²) in [6.07, 6.45) is 4.09. The first-order valence-corrected chi connectivity index (χ1v) is 18.7. The molecule has 54 heavy (non-hydrogen) atoms. The zero-order valence-electron chi connectivity index (χ0n) is 29.6. The molecule has 3 amide bonds. The number of rotatable bonds is 8. The second-order valence-corrected chi connectivity index (χ2v) is 14.9. The maximum atomic E-state index is 14.3. The number of carbonyl (C=O) groups is 3. The van der Waals surface area contributed by atoms with Gasteiger partial charge in [-0.2, -0.15) is 0 Å². The van der Waals surface area contributed by atoms with E-state index in [9.17, 15) is 24.6 Å². The zero-order valence-corrected chi connectivity index (χ0v) is 31.1. The molecule has 0 spiro atoms. The van der Waals surface area contributed by atoms with Crippen molar-refractivity contribution in [1.82, 2.24) is 4.90 Å². The summed E-state index contributed by atoms with van der Waals surface area (Å²) in [6.45, 7) is 2.24. The number of para-hydroxylation sites is 3. The van der Waals surface area contributed by atoms with Gasteiger partial charge in [-0.15, -0.1) is 0 Å². The molecule has 0 saturated carbocycles. The number of benzene rings is 5. The SMILES string of the molecule is C[C@@H](/C=C/CC(=O)N1Cc2ccccc2C[C@H]1CO)[C@]1(O)C(=O)N(Cc2ccc(N3C(=O)c4ccccc4Oc4ccccc43)cc2)c2ccc(Br)cc21. The molecule has 0 saturated heterocycles. The first-order chi connectivity index (χ1) is 26.2. The minimum atomic E-state index is -1.88. The number of carbonyl (C=O) groups excluding carboxylic acids is 3. The molecule has 0 aliphatic carbocycles. The Morgan fingerprint density at radius 1 is 0.907 bits per heavy atom. The van der Waals surface area contributed by atoms with Gasteiger partial charge >= 0.3 is 0 Å². The molecule has 10 heteroatoms. The first-order valence-electron chi connectivity index (χ1n) is 17.9. The number of fused-ring (bicyclic) bond motifs is 4. The van der Waals surface area contributed by atoms with Crippen LogP contribution in [0.1, 0.15) is 46.0 Å². The van der Waals surface area contributed by atoms with Crippen molar-refractivity contribution in [3.05, 3.63) is 160 Å². The highest BCUT2D eigenvalue weighted by Gasteiger charge is 2.52. The van der Waals surface area contributed by atoms with E-state index in [0.717, 1.165) is 21.2 Å². The van der Waals surface area contributed by atoms with Crippen LogP contribution in [0.5, 0.6) is 11.5 Å². The van der Waals surface area contributed by atoms with Gasteiger partial charge in [-0.25, -0.2) is 0 Å². The molecule has 0 fully saturated rings. The first kappa shape index (κ1) is 35.5. The monoisotopic (exact) mass is 783 g/mol. The average Bonchev–Trinajstić information content (AvgIpc) is 3.31. The van der Waals surface area contributed by atoms with Gasteiger partial charge in [-0.3, -0.25) is 19.3 Å². The minimum absolute atomic E-state index is 0.0659. The Morgan fingerprint density at radius 3 is 2.39 bits per heavy atom. The molecule has 5 aromatic rings. The number of aliphatic hydroxyl groups excluding tert-OH is 1. The molecule has 9 nitrogen and oxygen atoms in total. The highest BCUT2D eigenvalue weighted by molar-refractivity contribution is 9.10. The number of nitrogens with zero attached hydrogens (tertiary/aromatic N) is 3. The van der Waals surface area contributed by atoms with E-state index in [4.69, 9.17) is 4.74 Å². The standard InChI is InChI=1S/C44H38BrN3O6/c1-28(9-8-16-41(50)46-26-31-11-3-2-10-30(31)23-34(46)27-49)44(53)36-24-32(45)19-22-37(36)47(43(44)52)25-29-17-20-33(21-18-29)48-38-13-5-7-15-40(38)54-39-14-6-4-12-35(39)42(48)51/h2-15,17-22,24,28,34,49,53H,16,23,25-27H2,1H3/b9-8+/t28-,34-,44+/m0/s1. The van der Waals surface area contributed by atoms with Crippen molar-refractivity contribution in [2.45, 2.75) is 44.5 Å². The third-order valence-corrected chi connectivity index (χ3v) is 11.2. The third-order valence-electron chi connectivity index (χ3n) is 10.7. The summed E-state index contributed by atoms with van der Waals surface area (Å²) >= 11 is 3.52. The second-order valence-electron chi connectivity index (χ2n) is 13.9. The number of anilines is 3. The van der Waals surface area contributed by atoms with Gasteiger partial charge in [-0.05, 0) is 77.7 Å². The van der Waals surface area contributed by atoms with Gasteiger partial charge < -0.3 is 24.7 Å². The van der Waals surface area contributed by atoms with Crippen LogP contribution >= 0.6 is 15.9 Å². The van der Waals surface area contributed by atoms with E-state index in [1.807, 2.05) is 91.0 Å². The van der Waals surface area contributed by atoms with Crippen molar-refractivity contribution >= 4 is 50.7 Å². The molecule has 0 unspecified atom stereocenters. The van der Waals surface area contributed by atoms with Crippen molar-refractivity contribution in [3.8, 4) is 11.5 Å². The second kappa shape index (κ2) is 14.4. The maximum Gasteiger partial charge on any atom is 0.266 e. The van der Waals surface area contributed by atoms with Gasteiger partial charge in [-0.1, -0.05) is 95.7 Å². The Hall–Kier alpha value is -5.55. The number of ether oxygens (including phenoxy) is 1. The van der Waals surface area contributed by atoms with Crippen LogP contribution in [0.2, 0.25) is 0 Å². The lowest BCUT2D eigenvalue weighted by Gasteiger charge is -2.36. The van der Waals surface area contributed by atoms with Crippen molar-refractivity contribution in [2.24, 2.45) is 5.92 Å². The van der Waals surface area contributed by atoms with Crippen LogP contribution in [-0.2, 0) is 34.7 Å². The Balaban J connectivity index is 1.02. The largest absolute Gasteiger partial charge is 0.454 e. The van der Waals surface area contributed by atoms with Gasteiger partial charge in [0.2, 0.25) is 5.91 Å². The molecule has 5 aromatic carbocycles. The zero-order chi connectivity index (χ0) is 37.6. The summed E-state index contributed by atoms with van der Waals surface area (Å²) in [6, 6.07) is 35.1. The molecule has 3 aliphatic heterocycles. The fraction of sp³-hybridized carbons (Fsp3) is 0.205. The van der Waals surface area contributed by atoms with Crippen molar-refractivity contribution in [2.75, 3.05) is 16.4 Å². The molecular formula is C44H38BrN3O6. The van der Waals surface area contributed by atoms with Crippen molar-refractivity contribution < 1.29 is 29.3 Å². The molecule has 0 radical (unpaired) electrons. The van der Waals surface area contributed by atoms with E-state index in [-0.39, 0.29) is 37.4 Å². The summed E-state index contributed by atoms with van der Waals surface area (Å²) < 4.78 is 6.87. The van der Waals surface area contributed by atoms with Crippen LogP contribution in [0, 0.1) is 5.92 Å². The topological polar surface area (TPSA) is 111 Å². The van der Waals surface area contributed by atoms with E-state index < -0.39 is 17.4 Å². The van der Waals surface area contributed by atoms with Gasteiger partial charge in [0.1, 0.15) is 5.75 Å². The average molecular weight is 785 g/mol. The lowest BCUT2D eigenvalue weighted by Crippen LogP contribution is -2.46. The molecule has 2 N–H and O–H groups in total. The predicted molar refractivity (Wildman–Crippen MR) is 210 cm³/mol. The van der Waals surface area contributed by atoms with E-state index in [2.05, 4.69) is 15.9 Å². The number of hydrogen-bond acceptors (Lipinski definition) is 6. The van der Waals surface area contributed by atoms with E-state index >= 15 is 0 Å². The smallest absolute Gasteiger partial charge is 0.266 e. The number of hydrogen-bond donors (Lipinski definition) is 2. The van der Waals surface area contributed by atoms with E-state index in [1.165, 1.54) is 0 Å². The molecule has 0 bridgehead atoms. The fourth-order valence-corrected chi connectivity index (χ4v) is 8.11. The third kappa shape index (κ3) is 6.20. The van der Waals surface area contributed by atoms with Crippen LogP contribution in [0.25, 0.3) is 0 Å². The van der Waals surface area contributed by atoms with Gasteiger partial charge in [0.05, 0.1) is 36.1 Å². The molecule has 3 aliphatic rings. The van der Waals surface area contributed by atoms with Gasteiger partial charge in [0, 0.05) is 34.6 Å². The summed E-state index contributed by atoms with van der Waals surface area (Å²) in [5, 5.41) is 22.3. The Bertz CT molecular complexity index is 2310. The quantitative estimate of drug-likeness (QED) is 0.156. The Kier molecular flexibility index (Phi) is 9.43. The number of aliphatic hydroxyl groups is 2. The molecular weight excluding hydrogens is 746 g/mol. The molecule has 3 atom stereocenters.